The number of piperazine rings is 1. The molecular weight excluding hydrogens is 298 g/mol. The molecule has 0 bridgehead atoms. The number of hydrogen-bond acceptors (Lipinski definition) is 4. The summed E-state index contributed by atoms with van der Waals surface area (Å²) < 4.78 is 5.97. The van der Waals surface area contributed by atoms with Gasteiger partial charge in [0.1, 0.15) is 11.5 Å². The summed E-state index contributed by atoms with van der Waals surface area (Å²) in [6, 6.07) is 15.8. The van der Waals surface area contributed by atoms with Gasteiger partial charge in [-0.25, -0.2) is 0 Å². The molecule has 0 atom stereocenters. The van der Waals surface area contributed by atoms with E-state index in [1.807, 2.05) is 0 Å². The van der Waals surface area contributed by atoms with Crippen molar-refractivity contribution in [1.82, 2.24) is 15.1 Å². The van der Waals surface area contributed by atoms with Crippen molar-refractivity contribution < 1.29 is 4.42 Å². The normalized spacial score (nSPS) is 19.7. The molecule has 0 amide bonds. The molecule has 0 radical (unpaired) electrons. The highest BCUT2D eigenvalue weighted by Gasteiger charge is 2.21. The Balaban J connectivity index is 1.21. The Morgan fingerprint density at radius 1 is 0.833 bits per heavy atom. The van der Waals surface area contributed by atoms with Gasteiger partial charge >= 0.3 is 0 Å². The summed E-state index contributed by atoms with van der Waals surface area (Å²) in [5, 5.41) is 3.50. The van der Waals surface area contributed by atoms with Gasteiger partial charge in [-0.15, -0.1) is 0 Å². The predicted molar refractivity (Wildman–Crippen MR) is 95.6 cm³/mol. The van der Waals surface area contributed by atoms with Gasteiger partial charge in [0.05, 0.1) is 13.1 Å². The lowest BCUT2D eigenvalue weighted by Crippen LogP contribution is -2.45. The van der Waals surface area contributed by atoms with Crippen molar-refractivity contribution in [2.75, 3.05) is 26.2 Å². The zero-order valence-corrected chi connectivity index (χ0v) is 14.3. The van der Waals surface area contributed by atoms with Crippen molar-refractivity contribution in [1.29, 1.82) is 0 Å². The lowest BCUT2D eigenvalue weighted by Gasteiger charge is -2.34. The standard InChI is InChI=1S/C20H27N3O/c1-2-4-17(5-3-1)15-22-10-12-23(13-11-22)16-20-9-8-19(24-20)14-21-18-6-7-18/h1-5,8-9,18,21H,6-7,10-16H2. The van der Waals surface area contributed by atoms with E-state index >= 15 is 0 Å². The van der Waals surface area contributed by atoms with E-state index in [4.69, 9.17) is 4.42 Å². The summed E-state index contributed by atoms with van der Waals surface area (Å²) in [6.45, 7) is 7.36. The number of hydrogen-bond donors (Lipinski definition) is 1. The fraction of sp³-hybridized carbons (Fsp3) is 0.500. The smallest absolute Gasteiger partial charge is 0.118 e. The van der Waals surface area contributed by atoms with Crippen LogP contribution in [0.15, 0.2) is 46.9 Å². The van der Waals surface area contributed by atoms with E-state index < -0.39 is 0 Å². The molecule has 1 aromatic carbocycles. The minimum atomic E-state index is 0.733. The van der Waals surface area contributed by atoms with E-state index in [0.29, 0.717) is 0 Å². The molecule has 1 aliphatic heterocycles. The van der Waals surface area contributed by atoms with Crippen LogP contribution in [0.3, 0.4) is 0 Å². The highest BCUT2D eigenvalue weighted by molar-refractivity contribution is 5.14. The first-order valence-corrected chi connectivity index (χ1v) is 9.15. The van der Waals surface area contributed by atoms with Crippen LogP contribution in [0.4, 0.5) is 0 Å². The third-order valence-corrected chi connectivity index (χ3v) is 4.95. The number of nitrogens with one attached hydrogen (secondary N) is 1. The van der Waals surface area contributed by atoms with Crippen molar-refractivity contribution in [2.45, 2.75) is 38.5 Å². The molecule has 1 N–H and O–H groups in total. The van der Waals surface area contributed by atoms with E-state index in [1.54, 1.807) is 0 Å². The SMILES string of the molecule is c1ccc(CN2CCN(Cc3ccc(CNC4CC4)o3)CC2)cc1. The Morgan fingerprint density at radius 2 is 1.50 bits per heavy atom. The number of nitrogens with zero attached hydrogens (tertiary/aromatic N) is 2. The maximum atomic E-state index is 5.97. The Kier molecular flexibility index (Phi) is 4.97. The largest absolute Gasteiger partial charge is 0.463 e. The van der Waals surface area contributed by atoms with Crippen LogP contribution >= 0.6 is 0 Å². The van der Waals surface area contributed by atoms with Crippen molar-refractivity contribution >= 4 is 0 Å². The molecule has 2 heterocycles. The van der Waals surface area contributed by atoms with Gasteiger partial charge in [-0.05, 0) is 30.5 Å². The van der Waals surface area contributed by atoms with Crippen LogP contribution in [0, 0.1) is 0 Å². The van der Waals surface area contributed by atoms with Crippen LogP contribution in [0.5, 0.6) is 0 Å². The Bertz CT molecular complexity index is 627. The second-order valence-electron chi connectivity index (χ2n) is 7.06. The molecule has 4 rings (SSSR count). The number of furan rings is 1. The van der Waals surface area contributed by atoms with E-state index in [1.165, 1.54) is 18.4 Å². The summed E-state index contributed by atoms with van der Waals surface area (Å²) in [7, 11) is 0. The van der Waals surface area contributed by atoms with Gasteiger partial charge in [-0.2, -0.15) is 0 Å². The number of rotatable bonds is 7. The van der Waals surface area contributed by atoms with Gasteiger partial charge in [0.2, 0.25) is 0 Å². The zero-order chi connectivity index (χ0) is 16.2. The van der Waals surface area contributed by atoms with Crippen LogP contribution in [0.25, 0.3) is 0 Å². The minimum Gasteiger partial charge on any atom is -0.463 e. The van der Waals surface area contributed by atoms with Crippen molar-refractivity contribution in [3.05, 3.63) is 59.5 Å². The van der Waals surface area contributed by atoms with Crippen LogP contribution < -0.4 is 5.32 Å². The lowest BCUT2D eigenvalue weighted by molar-refractivity contribution is 0.115. The lowest BCUT2D eigenvalue weighted by atomic mass is 10.2. The Hall–Kier alpha value is -1.62. The third kappa shape index (κ3) is 4.47. The Morgan fingerprint density at radius 3 is 2.21 bits per heavy atom. The Labute approximate surface area is 144 Å². The summed E-state index contributed by atoms with van der Waals surface area (Å²) in [5.41, 5.74) is 1.41. The molecule has 24 heavy (non-hydrogen) atoms. The van der Waals surface area contributed by atoms with Crippen LogP contribution in [-0.2, 0) is 19.6 Å². The number of benzene rings is 1. The molecule has 1 saturated heterocycles. The quantitative estimate of drug-likeness (QED) is 0.848. The average Bonchev–Trinajstić information content (AvgIpc) is 3.35. The van der Waals surface area contributed by atoms with Gasteiger partial charge in [0.25, 0.3) is 0 Å². The van der Waals surface area contributed by atoms with Gasteiger partial charge in [-0.1, -0.05) is 30.3 Å². The third-order valence-electron chi connectivity index (χ3n) is 4.95. The van der Waals surface area contributed by atoms with Gasteiger partial charge in [-0.3, -0.25) is 9.80 Å². The molecule has 2 aliphatic rings. The van der Waals surface area contributed by atoms with Crippen molar-refractivity contribution in [3.8, 4) is 0 Å². The monoisotopic (exact) mass is 325 g/mol. The molecule has 1 saturated carbocycles. The average molecular weight is 325 g/mol. The predicted octanol–water partition coefficient (Wildman–Crippen LogP) is 2.85. The molecule has 0 unspecified atom stereocenters. The summed E-state index contributed by atoms with van der Waals surface area (Å²) in [5.74, 6) is 2.17. The fourth-order valence-electron chi connectivity index (χ4n) is 3.30. The maximum absolute atomic E-state index is 5.97. The molecule has 0 spiro atoms. The fourth-order valence-corrected chi connectivity index (χ4v) is 3.30. The second kappa shape index (κ2) is 7.51. The molecule has 1 aromatic heterocycles. The summed E-state index contributed by atoms with van der Waals surface area (Å²) >= 11 is 0. The first kappa shape index (κ1) is 15.9. The van der Waals surface area contributed by atoms with E-state index in [-0.39, 0.29) is 0 Å². The maximum Gasteiger partial charge on any atom is 0.118 e. The zero-order valence-electron chi connectivity index (χ0n) is 14.3. The summed E-state index contributed by atoms with van der Waals surface area (Å²) in [6.07, 6.45) is 2.64. The summed E-state index contributed by atoms with van der Waals surface area (Å²) in [4.78, 5) is 5.04. The molecule has 2 aromatic rings. The van der Waals surface area contributed by atoms with E-state index in [0.717, 1.165) is 63.4 Å². The first-order chi connectivity index (χ1) is 11.8. The highest BCUT2D eigenvalue weighted by Crippen LogP contribution is 2.20. The van der Waals surface area contributed by atoms with Crippen LogP contribution in [0.2, 0.25) is 0 Å². The molecule has 1 aliphatic carbocycles. The van der Waals surface area contributed by atoms with Gasteiger partial charge in [0, 0.05) is 38.8 Å². The molecule has 4 nitrogen and oxygen atoms in total. The van der Waals surface area contributed by atoms with Gasteiger partial charge in [0.15, 0.2) is 0 Å². The van der Waals surface area contributed by atoms with Gasteiger partial charge < -0.3 is 9.73 Å². The molecule has 128 valence electrons. The topological polar surface area (TPSA) is 31.6 Å². The second-order valence-corrected chi connectivity index (χ2v) is 7.06. The van der Waals surface area contributed by atoms with Crippen LogP contribution in [-0.4, -0.2) is 42.0 Å². The highest BCUT2D eigenvalue weighted by atomic mass is 16.3. The first-order valence-electron chi connectivity index (χ1n) is 9.15. The molecule has 2 fully saturated rings. The molecule has 4 heteroatoms. The minimum absolute atomic E-state index is 0.733. The van der Waals surface area contributed by atoms with E-state index in [9.17, 15) is 0 Å². The van der Waals surface area contributed by atoms with Crippen LogP contribution in [0.1, 0.15) is 29.9 Å². The van der Waals surface area contributed by atoms with Crippen molar-refractivity contribution in [3.63, 3.8) is 0 Å². The van der Waals surface area contributed by atoms with Crippen molar-refractivity contribution in [2.24, 2.45) is 0 Å². The molecular formula is C20H27N3O. The van der Waals surface area contributed by atoms with E-state index in [2.05, 4.69) is 57.6 Å².